The van der Waals surface area contributed by atoms with Crippen LogP contribution in [0, 0.1) is 0 Å². The number of hydrogen-bond acceptors (Lipinski definition) is 5. The molecule has 1 unspecified atom stereocenters. The highest BCUT2D eigenvalue weighted by atomic mass is 28.4. The van der Waals surface area contributed by atoms with Crippen LogP contribution in [0.2, 0.25) is 6.04 Å². The summed E-state index contributed by atoms with van der Waals surface area (Å²) in [6.45, 7) is 9.60. The van der Waals surface area contributed by atoms with E-state index in [4.69, 9.17) is 4.43 Å². The van der Waals surface area contributed by atoms with E-state index in [1.54, 1.807) is 0 Å². The Labute approximate surface area is 186 Å². The molecule has 0 fully saturated rings. The van der Waals surface area contributed by atoms with Gasteiger partial charge < -0.3 is 33.2 Å². The first-order chi connectivity index (χ1) is 14.2. The van der Waals surface area contributed by atoms with Crippen molar-refractivity contribution in [3.8, 4) is 0 Å². The van der Waals surface area contributed by atoms with E-state index in [0.717, 1.165) is 30.5 Å². The minimum atomic E-state index is -3.68. The molecule has 0 saturated carbocycles. The SMILES string of the molecule is CCCCCC[N+](C)(CCCCC)CCC[Si](O)(O)OCC[N+](C)(CCO)CCO. The van der Waals surface area contributed by atoms with Gasteiger partial charge in [0.2, 0.25) is 0 Å². The Hall–Kier alpha value is -0.0631. The lowest BCUT2D eigenvalue weighted by Crippen LogP contribution is -2.52. The summed E-state index contributed by atoms with van der Waals surface area (Å²) in [7, 11) is 0.573. The summed E-state index contributed by atoms with van der Waals surface area (Å²) in [5.41, 5.74) is 0. The summed E-state index contributed by atoms with van der Waals surface area (Å²) >= 11 is 0. The van der Waals surface area contributed by atoms with Gasteiger partial charge in [-0.2, -0.15) is 0 Å². The second-order valence-corrected chi connectivity index (χ2v) is 11.8. The molecule has 0 aromatic carbocycles. The first-order valence-electron chi connectivity index (χ1n) is 12.1. The molecule has 0 saturated heterocycles. The molecule has 0 aliphatic carbocycles. The molecule has 7 nitrogen and oxygen atoms in total. The van der Waals surface area contributed by atoms with E-state index in [1.807, 2.05) is 7.05 Å². The van der Waals surface area contributed by atoms with Crippen LogP contribution in [0.5, 0.6) is 0 Å². The summed E-state index contributed by atoms with van der Waals surface area (Å²) in [5.74, 6) is 0. The normalized spacial score (nSPS) is 14.8. The number of nitrogens with zero attached hydrogens (tertiary/aromatic N) is 2. The second kappa shape index (κ2) is 16.6. The molecule has 0 spiro atoms. The van der Waals surface area contributed by atoms with Gasteiger partial charge in [0.25, 0.3) is 0 Å². The van der Waals surface area contributed by atoms with Crippen LogP contribution in [0.15, 0.2) is 0 Å². The van der Waals surface area contributed by atoms with Crippen LogP contribution in [-0.2, 0) is 4.43 Å². The van der Waals surface area contributed by atoms with E-state index in [1.165, 1.54) is 44.9 Å². The lowest BCUT2D eigenvalue weighted by atomic mass is 10.1. The molecule has 0 amide bonds. The van der Waals surface area contributed by atoms with Crippen molar-refractivity contribution in [1.82, 2.24) is 0 Å². The van der Waals surface area contributed by atoms with Crippen LogP contribution in [0.3, 0.4) is 0 Å². The fourth-order valence-electron chi connectivity index (χ4n) is 4.01. The largest absolute Gasteiger partial charge is 0.495 e. The summed E-state index contributed by atoms with van der Waals surface area (Å²) in [6.07, 6.45) is 9.50. The Kier molecular flexibility index (Phi) is 16.5. The number of likely N-dealkylation sites (N-methyl/N-ethyl adjacent to an activating group) is 1. The van der Waals surface area contributed by atoms with Crippen molar-refractivity contribution in [3.05, 3.63) is 0 Å². The Bertz CT molecular complexity index is 409. The lowest BCUT2D eigenvalue weighted by Gasteiger charge is -2.36. The molecule has 182 valence electrons. The van der Waals surface area contributed by atoms with E-state index in [9.17, 15) is 19.8 Å². The molecule has 0 aliphatic heterocycles. The first kappa shape index (κ1) is 29.9. The van der Waals surface area contributed by atoms with Gasteiger partial charge in [-0.25, -0.2) is 0 Å². The van der Waals surface area contributed by atoms with Gasteiger partial charge in [0, 0.05) is 12.5 Å². The molecule has 4 N–H and O–H groups in total. The minimum absolute atomic E-state index is 0.0319. The third kappa shape index (κ3) is 14.9. The zero-order valence-electron chi connectivity index (χ0n) is 20.3. The lowest BCUT2D eigenvalue weighted by molar-refractivity contribution is -0.910. The van der Waals surface area contributed by atoms with Crippen molar-refractivity contribution in [2.75, 3.05) is 73.2 Å². The van der Waals surface area contributed by atoms with Crippen LogP contribution >= 0.6 is 0 Å². The standard InChI is InChI=1S/C22H52N2O5Si/c1-5-7-9-11-14-23(3,13-10-8-6-2)15-12-22-30(27,28)29-21-18-24(4,16-19-25)17-20-26/h25-28H,5-22H2,1-4H3/q+2. The van der Waals surface area contributed by atoms with Crippen LogP contribution in [0.25, 0.3) is 0 Å². The van der Waals surface area contributed by atoms with Crippen molar-refractivity contribution in [1.29, 1.82) is 0 Å². The zero-order valence-corrected chi connectivity index (χ0v) is 21.3. The third-order valence-corrected chi connectivity index (χ3v) is 7.97. The van der Waals surface area contributed by atoms with Crippen LogP contribution in [-0.4, -0.2) is 111 Å². The molecule has 0 rings (SSSR count). The number of hydrogen-bond donors (Lipinski definition) is 4. The van der Waals surface area contributed by atoms with E-state index in [-0.39, 0.29) is 19.8 Å². The summed E-state index contributed by atoms with van der Waals surface area (Å²) in [6, 6.07) is 0.327. The molecule has 1 atom stereocenters. The second-order valence-electron chi connectivity index (χ2n) is 9.49. The van der Waals surface area contributed by atoms with Crippen LogP contribution in [0.1, 0.15) is 65.2 Å². The van der Waals surface area contributed by atoms with Gasteiger partial charge in [-0.05, 0) is 25.7 Å². The van der Waals surface area contributed by atoms with E-state index >= 15 is 0 Å². The maximum atomic E-state index is 10.4. The molecular formula is C22H52N2O5Si+2. The Morgan fingerprint density at radius 2 is 1.10 bits per heavy atom. The fraction of sp³-hybridized carbons (Fsp3) is 1.00. The molecular weight excluding hydrogens is 400 g/mol. The molecule has 0 bridgehead atoms. The Morgan fingerprint density at radius 3 is 1.63 bits per heavy atom. The summed E-state index contributed by atoms with van der Waals surface area (Å²) in [5, 5.41) is 18.4. The smallest absolute Gasteiger partial charge is 0.391 e. The number of aliphatic hydroxyl groups excluding tert-OH is 2. The molecule has 0 aromatic heterocycles. The fourth-order valence-corrected chi connectivity index (χ4v) is 5.19. The molecule has 0 aliphatic rings. The topological polar surface area (TPSA) is 90.2 Å². The highest BCUT2D eigenvalue weighted by Gasteiger charge is 2.34. The predicted octanol–water partition coefficient (Wildman–Crippen LogP) is 1.96. The number of aliphatic hydroxyl groups is 2. The van der Waals surface area contributed by atoms with Gasteiger partial charge in [0.15, 0.2) is 0 Å². The molecule has 30 heavy (non-hydrogen) atoms. The molecule has 0 aromatic rings. The number of unbranched alkanes of at least 4 members (excludes halogenated alkanes) is 5. The monoisotopic (exact) mass is 452 g/mol. The Balaban J connectivity index is 4.48. The van der Waals surface area contributed by atoms with Crippen LogP contribution < -0.4 is 0 Å². The van der Waals surface area contributed by atoms with Crippen LogP contribution in [0.4, 0.5) is 0 Å². The third-order valence-electron chi connectivity index (χ3n) is 6.30. The van der Waals surface area contributed by atoms with Crippen molar-refractivity contribution in [2.45, 2.75) is 71.3 Å². The first-order valence-corrected chi connectivity index (χ1v) is 14.1. The average molecular weight is 453 g/mol. The van der Waals surface area contributed by atoms with E-state index < -0.39 is 8.80 Å². The quantitative estimate of drug-likeness (QED) is 0.121. The molecule has 8 heteroatoms. The van der Waals surface area contributed by atoms with Crippen molar-refractivity contribution >= 4 is 8.80 Å². The van der Waals surface area contributed by atoms with Gasteiger partial charge in [-0.15, -0.1) is 0 Å². The van der Waals surface area contributed by atoms with Crippen molar-refractivity contribution in [2.24, 2.45) is 0 Å². The zero-order chi connectivity index (χ0) is 22.9. The highest BCUT2D eigenvalue weighted by Crippen LogP contribution is 2.16. The van der Waals surface area contributed by atoms with Gasteiger partial charge >= 0.3 is 8.80 Å². The average Bonchev–Trinajstić information content (AvgIpc) is 2.65. The summed E-state index contributed by atoms with van der Waals surface area (Å²) in [4.78, 5) is 20.8. The maximum Gasteiger partial charge on any atom is 0.495 e. The van der Waals surface area contributed by atoms with E-state index in [0.29, 0.717) is 30.2 Å². The molecule has 0 heterocycles. The van der Waals surface area contributed by atoms with Gasteiger partial charge in [0.1, 0.15) is 19.6 Å². The van der Waals surface area contributed by atoms with E-state index in [2.05, 4.69) is 20.9 Å². The van der Waals surface area contributed by atoms with Crippen molar-refractivity contribution in [3.63, 3.8) is 0 Å². The number of quaternary nitrogens is 2. The molecule has 0 radical (unpaired) electrons. The van der Waals surface area contributed by atoms with Gasteiger partial charge in [0.05, 0.1) is 53.6 Å². The predicted molar refractivity (Wildman–Crippen MR) is 125 cm³/mol. The maximum absolute atomic E-state index is 10.4. The minimum Gasteiger partial charge on any atom is -0.391 e. The Morgan fingerprint density at radius 1 is 0.633 bits per heavy atom. The highest BCUT2D eigenvalue weighted by molar-refractivity contribution is 6.57. The van der Waals surface area contributed by atoms with Gasteiger partial charge in [-0.1, -0.05) is 33.1 Å². The number of rotatable bonds is 21. The van der Waals surface area contributed by atoms with Crippen molar-refractivity contribution < 1.29 is 33.2 Å². The van der Waals surface area contributed by atoms with Gasteiger partial charge in [-0.3, -0.25) is 0 Å². The summed E-state index contributed by atoms with van der Waals surface area (Å²) < 4.78 is 6.98.